The molecule has 1 aliphatic heterocycles. The molecule has 0 radical (unpaired) electrons. The van der Waals surface area contributed by atoms with Crippen LogP contribution in [0.2, 0.25) is 0 Å². The van der Waals surface area contributed by atoms with Gasteiger partial charge in [0.1, 0.15) is 30.2 Å². The quantitative estimate of drug-likeness (QED) is 0.553. The second kappa shape index (κ2) is 8.04. The van der Waals surface area contributed by atoms with Gasteiger partial charge in [0.2, 0.25) is 5.95 Å². The first-order valence-electron chi connectivity index (χ1n) is 9.61. The Morgan fingerprint density at radius 1 is 1.28 bits per heavy atom. The van der Waals surface area contributed by atoms with Crippen LogP contribution in [0.3, 0.4) is 0 Å². The highest BCUT2D eigenvalue weighted by Gasteiger charge is 2.27. The van der Waals surface area contributed by atoms with Gasteiger partial charge >= 0.3 is 0 Å². The molecular weight excluding hydrogens is 434 g/mol. The molecule has 3 aromatic rings. The van der Waals surface area contributed by atoms with E-state index in [4.69, 9.17) is 10.5 Å². The first kappa shape index (κ1) is 21.4. The molecule has 0 bridgehead atoms. The Morgan fingerprint density at radius 3 is 2.84 bits per heavy atom. The summed E-state index contributed by atoms with van der Waals surface area (Å²) in [6.45, 7) is 3.68. The van der Waals surface area contributed by atoms with Gasteiger partial charge in [0.05, 0.1) is 16.9 Å². The van der Waals surface area contributed by atoms with E-state index >= 15 is 0 Å². The highest BCUT2D eigenvalue weighted by molar-refractivity contribution is 7.89. The number of nitrogens with zero attached hydrogens (tertiary/aromatic N) is 5. The lowest BCUT2D eigenvalue weighted by atomic mass is 10.1. The van der Waals surface area contributed by atoms with Gasteiger partial charge in [0.15, 0.2) is 0 Å². The summed E-state index contributed by atoms with van der Waals surface area (Å²) in [4.78, 5) is 25.1. The van der Waals surface area contributed by atoms with Crippen molar-refractivity contribution in [2.45, 2.75) is 25.1 Å². The highest BCUT2D eigenvalue weighted by atomic mass is 32.2. The maximum atomic E-state index is 12.8. The van der Waals surface area contributed by atoms with Gasteiger partial charge in [-0.3, -0.25) is 9.36 Å². The SMILES string of the molecule is CC(C)(COc1cccc2c1C(N)=NS(=O)(=O)C2)NC(=O)c1ccnc(-n2ccnc2)n1. The third-order valence-electron chi connectivity index (χ3n) is 4.60. The number of aromatic nitrogens is 4. The van der Waals surface area contributed by atoms with Crippen molar-refractivity contribution in [3.63, 3.8) is 0 Å². The van der Waals surface area contributed by atoms with Crippen LogP contribution in [0.15, 0.2) is 53.6 Å². The number of hydrogen-bond donors (Lipinski definition) is 2. The molecule has 3 heterocycles. The molecular formula is C20H21N7O4S. The maximum absolute atomic E-state index is 12.8. The summed E-state index contributed by atoms with van der Waals surface area (Å²) in [7, 11) is -3.64. The van der Waals surface area contributed by atoms with Gasteiger partial charge in [0.25, 0.3) is 15.9 Å². The lowest BCUT2D eigenvalue weighted by Gasteiger charge is -2.27. The third kappa shape index (κ3) is 4.59. The lowest BCUT2D eigenvalue weighted by Crippen LogP contribution is -2.48. The van der Waals surface area contributed by atoms with Gasteiger partial charge in [-0.25, -0.2) is 23.4 Å². The summed E-state index contributed by atoms with van der Waals surface area (Å²) in [5.74, 6) is -0.0376. The molecule has 4 rings (SSSR count). The molecule has 0 unspecified atom stereocenters. The summed E-state index contributed by atoms with van der Waals surface area (Å²) in [6.07, 6.45) is 6.30. The molecule has 0 atom stereocenters. The molecule has 12 heteroatoms. The predicted molar refractivity (Wildman–Crippen MR) is 116 cm³/mol. The van der Waals surface area contributed by atoms with E-state index in [-0.39, 0.29) is 23.9 Å². The van der Waals surface area contributed by atoms with Crippen LogP contribution < -0.4 is 15.8 Å². The van der Waals surface area contributed by atoms with Crippen molar-refractivity contribution in [3.8, 4) is 11.7 Å². The normalized spacial score (nSPS) is 14.9. The van der Waals surface area contributed by atoms with Crippen LogP contribution in [0.25, 0.3) is 5.95 Å². The van der Waals surface area contributed by atoms with Gasteiger partial charge in [-0.05, 0) is 31.5 Å². The predicted octanol–water partition coefficient (Wildman–Crippen LogP) is 0.798. The molecule has 0 spiro atoms. The summed E-state index contributed by atoms with van der Waals surface area (Å²) in [5.41, 5.74) is 6.25. The minimum absolute atomic E-state index is 0.0919. The maximum Gasteiger partial charge on any atom is 0.270 e. The average molecular weight is 456 g/mol. The molecule has 32 heavy (non-hydrogen) atoms. The zero-order valence-corrected chi connectivity index (χ0v) is 18.2. The van der Waals surface area contributed by atoms with Crippen molar-refractivity contribution in [3.05, 3.63) is 66.0 Å². The van der Waals surface area contributed by atoms with E-state index in [1.54, 1.807) is 49.0 Å². The van der Waals surface area contributed by atoms with Gasteiger partial charge in [-0.15, -0.1) is 4.40 Å². The molecule has 0 fully saturated rings. The molecule has 0 saturated carbocycles. The van der Waals surface area contributed by atoms with E-state index in [1.807, 2.05) is 0 Å². The zero-order chi connectivity index (χ0) is 22.9. The minimum Gasteiger partial charge on any atom is -0.490 e. The summed E-state index contributed by atoms with van der Waals surface area (Å²) in [6, 6.07) is 6.55. The summed E-state index contributed by atoms with van der Waals surface area (Å²) >= 11 is 0. The van der Waals surface area contributed by atoms with Crippen LogP contribution in [-0.4, -0.2) is 51.8 Å². The number of carbonyl (C=O) groups excluding carboxylic acids is 1. The van der Waals surface area contributed by atoms with E-state index < -0.39 is 21.5 Å². The Morgan fingerprint density at radius 2 is 2.09 bits per heavy atom. The van der Waals surface area contributed by atoms with Crippen molar-refractivity contribution in [1.29, 1.82) is 0 Å². The molecule has 166 valence electrons. The van der Waals surface area contributed by atoms with Crippen LogP contribution in [0, 0.1) is 0 Å². The van der Waals surface area contributed by atoms with E-state index in [2.05, 4.69) is 24.7 Å². The second-order valence-electron chi connectivity index (χ2n) is 7.83. The number of benzene rings is 1. The number of fused-ring (bicyclic) bond motifs is 1. The van der Waals surface area contributed by atoms with Crippen LogP contribution in [0.4, 0.5) is 0 Å². The third-order valence-corrected chi connectivity index (χ3v) is 5.75. The Bertz CT molecular complexity index is 1300. The van der Waals surface area contributed by atoms with E-state index in [9.17, 15) is 13.2 Å². The number of nitrogens with one attached hydrogen (secondary N) is 1. The second-order valence-corrected chi connectivity index (χ2v) is 9.47. The van der Waals surface area contributed by atoms with Crippen LogP contribution >= 0.6 is 0 Å². The molecule has 1 amide bonds. The van der Waals surface area contributed by atoms with Crippen molar-refractivity contribution in [2.75, 3.05) is 6.61 Å². The zero-order valence-electron chi connectivity index (χ0n) is 17.4. The summed E-state index contributed by atoms with van der Waals surface area (Å²) in [5, 5.41) is 2.88. The van der Waals surface area contributed by atoms with Crippen LogP contribution in [-0.2, 0) is 15.8 Å². The molecule has 3 N–H and O–H groups in total. The molecule has 1 aromatic carbocycles. The molecule has 0 saturated heterocycles. The van der Waals surface area contributed by atoms with E-state index in [0.717, 1.165) is 0 Å². The van der Waals surface area contributed by atoms with Gasteiger partial charge in [-0.2, -0.15) is 0 Å². The summed E-state index contributed by atoms with van der Waals surface area (Å²) < 4.78 is 34.8. The number of rotatable bonds is 6. The fourth-order valence-corrected chi connectivity index (χ4v) is 4.26. The topological polar surface area (TPSA) is 154 Å². The molecule has 1 aliphatic rings. The monoisotopic (exact) mass is 455 g/mol. The fourth-order valence-electron chi connectivity index (χ4n) is 3.17. The largest absolute Gasteiger partial charge is 0.490 e. The van der Waals surface area contributed by atoms with Crippen molar-refractivity contribution >= 4 is 21.8 Å². The number of sulfonamides is 1. The molecule has 0 aliphatic carbocycles. The number of carbonyl (C=O) groups is 1. The smallest absolute Gasteiger partial charge is 0.270 e. The van der Waals surface area contributed by atoms with E-state index in [0.29, 0.717) is 22.8 Å². The van der Waals surface area contributed by atoms with Gasteiger partial charge in [-0.1, -0.05) is 12.1 Å². The Kier molecular flexibility index (Phi) is 5.38. The Labute approximate surface area is 184 Å². The average Bonchev–Trinajstić information content (AvgIpc) is 3.26. The first-order chi connectivity index (χ1) is 15.1. The van der Waals surface area contributed by atoms with Gasteiger partial charge in [0, 0.05) is 18.6 Å². The number of nitrogens with two attached hydrogens (primary N) is 1. The Balaban J connectivity index is 1.47. The Hall–Kier alpha value is -3.80. The van der Waals surface area contributed by atoms with Gasteiger partial charge < -0.3 is 15.8 Å². The lowest BCUT2D eigenvalue weighted by molar-refractivity contribution is 0.0875. The highest BCUT2D eigenvalue weighted by Crippen LogP contribution is 2.28. The minimum atomic E-state index is -3.64. The number of imidazole rings is 1. The number of amidine groups is 1. The van der Waals surface area contributed by atoms with Crippen LogP contribution in [0.5, 0.6) is 5.75 Å². The van der Waals surface area contributed by atoms with Crippen LogP contribution in [0.1, 0.15) is 35.5 Å². The van der Waals surface area contributed by atoms with Crippen molar-refractivity contribution in [2.24, 2.45) is 10.1 Å². The number of hydrogen-bond acceptors (Lipinski definition) is 8. The first-order valence-corrected chi connectivity index (χ1v) is 11.2. The molecule has 11 nitrogen and oxygen atoms in total. The fraction of sp³-hybridized carbons (Fsp3) is 0.250. The molecule has 2 aromatic heterocycles. The standard InChI is InChI=1S/C20H21N7O4S/c1-20(2,25-18(28)14-6-7-23-19(24-14)27-9-8-22-12-27)11-31-15-5-3-4-13-10-32(29,30)26-17(21)16(13)15/h3-9,12H,10-11H2,1-2H3,(H2,21,26)(H,25,28). The number of amides is 1. The number of ether oxygens (including phenoxy) is 1. The van der Waals surface area contributed by atoms with Crippen molar-refractivity contribution in [1.82, 2.24) is 24.8 Å². The van der Waals surface area contributed by atoms with E-state index in [1.165, 1.54) is 18.6 Å². The van der Waals surface area contributed by atoms with Crippen molar-refractivity contribution < 1.29 is 17.9 Å².